The smallest absolute Gasteiger partial charge is 0.0605 e. The summed E-state index contributed by atoms with van der Waals surface area (Å²) in [5.74, 6) is 0.662. The third-order valence-corrected chi connectivity index (χ3v) is 2.94. The Morgan fingerprint density at radius 2 is 2.50 bits per heavy atom. The fourth-order valence-corrected chi connectivity index (χ4v) is 2.05. The van der Waals surface area contributed by atoms with Crippen molar-refractivity contribution in [1.82, 2.24) is 4.98 Å². The number of anilines is 1. The van der Waals surface area contributed by atoms with E-state index in [0.717, 1.165) is 25.3 Å². The summed E-state index contributed by atoms with van der Waals surface area (Å²) in [6, 6.07) is 4.14. The molecule has 0 spiro atoms. The van der Waals surface area contributed by atoms with Gasteiger partial charge in [0.25, 0.3) is 0 Å². The topological polar surface area (TPSA) is 42.2 Å². The van der Waals surface area contributed by atoms with E-state index in [4.69, 9.17) is 5.73 Å². The zero-order chi connectivity index (χ0) is 9.97. The molecule has 0 aromatic carbocycles. The molecule has 2 N–H and O–H groups in total. The summed E-state index contributed by atoms with van der Waals surface area (Å²) in [5.41, 5.74) is 8.05. The molecule has 0 bridgehead atoms. The molecule has 0 amide bonds. The van der Waals surface area contributed by atoms with Crippen LogP contribution in [0.1, 0.15) is 12.1 Å². The van der Waals surface area contributed by atoms with E-state index < -0.39 is 0 Å². The second-order valence-corrected chi connectivity index (χ2v) is 3.94. The van der Waals surface area contributed by atoms with Gasteiger partial charge in [0.05, 0.1) is 11.4 Å². The highest BCUT2D eigenvalue weighted by Crippen LogP contribution is 2.24. The number of hydrogen-bond acceptors (Lipinski definition) is 3. The molecule has 0 saturated carbocycles. The Kier molecular flexibility index (Phi) is 2.68. The van der Waals surface area contributed by atoms with Crippen LogP contribution in [0, 0.1) is 12.8 Å². The van der Waals surface area contributed by atoms with E-state index >= 15 is 0 Å². The van der Waals surface area contributed by atoms with Crippen molar-refractivity contribution in [2.24, 2.45) is 11.7 Å². The molecule has 3 nitrogen and oxygen atoms in total. The van der Waals surface area contributed by atoms with Gasteiger partial charge in [0.15, 0.2) is 0 Å². The van der Waals surface area contributed by atoms with E-state index in [2.05, 4.69) is 22.9 Å². The molecule has 1 unspecified atom stereocenters. The van der Waals surface area contributed by atoms with Crippen LogP contribution in [0.5, 0.6) is 0 Å². The highest BCUT2D eigenvalue weighted by atomic mass is 15.2. The summed E-state index contributed by atoms with van der Waals surface area (Å²) >= 11 is 0. The zero-order valence-corrected chi connectivity index (χ0v) is 8.61. The van der Waals surface area contributed by atoms with Crippen LogP contribution in [0.4, 0.5) is 5.69 Å². The summed E-state index contributed by atoms with van der Waals surface area (Å²) in [6.07, 6.45) is 3.06. The highest BCUT2D eigenvalue weighted by molar-refractivity contribution is 5.50. The van der Waals surface area contributed by atoms with E-state index in [9.17, 15) is 0 Å². The van der Waals surface area contributed by atoms with Crippen LogP contribution >= 0.6 is 0 Å². The van der Waals surface area contributed by atoms with Crippen LogP contribution in [-0.4, -0.2) is 24.6 Å². The van der Waals surface area contributed by atoms with Crippen LogP contribution in [0.3, 0.4) is 0 Å². The Hall–Kier alpha value is -1.09. The number of nitrogens with zero attached hydrogens (tertiary/aromatic N) is 2. The van der Waals surface area contributed by atoms with Gasteiger partial charge in [0.2, 0.25) is 0 Å². The molecule has 0 aliphatic carbocycles. The summed E-state index contributed by atoms with van der Waals surface area (Å²) < 4.78 is 0. The van der Waals surface area contributed by atoms with Crippen molar-refractivity contribution in [2.45, 2.75) is 13.3 Å². The van der Waals surface area contributed by atoms with Gasteiger partial charge in [-0.1, -0.05) is 0 Å². The molecular formula is C11H17N3. The average molecular weight is 191 g/mol. The van der Waals surface area contributed by atoms with Crippen LogP contribution in [0.2, 0.25) is 0 Å². The van der Waals surface area contributed by atoms with Crippen LogP contribution in [0.15, 0.2) is 18.3 Å². The Bertz CT molecular complexity index is 311. The lowest BCUT2D eigenvalue weighted by Gasteiger charge is -2.19. The molecule has 1 fully saturated rings. The quantitative estimate of drug-likeness (QED) is 0.763. The third kappa shape index (κ3) is 1.73. The molecule has 1 aromatic rings. The van der Waals surface area contributed by atoms with Crippen molar-refractivity contribution in [2.75, 3.05) is 24.5 Å². The predicted octanol–water partition coefficient (Wildman–Crippen LogP) is 1.18. The van der Waals surface area contributed by atoms with Gasteiger partial charge in [-0.15, -0.1) is 0 Å². The molecule has 14 heavy (non-hydrogen) atoms. The number of pyridine rings is 1. The average Bonchev–Trinajstić information content (AvgIpc) is 2.67. The van der Waals surface area contributed by atoms with Crippen molar-refractivity contribution in [3.05, 3.63) is 24.0 Å². The largest absolute Gasteiger partial charge is 0.370 e. The van der Waals surface area contributed by atoms with Crippen molar-refractivity contribution in [3.8, 4) is 0 Å². The number of nitrogens with two attached hydrogens (primary N) is 1. The normalized spacial score (nSPS) is 21.6. The summed E-state index contributed by atoms with van der Waals surface area (Å²) in [4.78, 5) is 6.69. The molecule has 1 aromatic heterocycles. The number of aromatic nitrogens is 1. The molecular weight excluding hydrogens is 174 g/mol. The van der Waals surface area contributed by atoms with Crippen LogP contribution < -0.4 is 10.6 Å². The Balaban J connectivity index is 2.13. The minimum absolute atomic E-state index is 0.662. The lowest BCUT2D eigenvalue weighted by atomic mass is 10.1. The van der Waals surface area contributed by atoms with E-state index in [1.807, 2.05) is 12.3 Å². The lowest BCUT2D eigenvalue weighted by Crippen LogP contribution is -2.23. The molecule has 1 aliphatic rings. The SMILES string of the molecule is Cc1ncccc1N1CCC(CN)C1. The van der Waals surface area contributed by atoms with E-state index in [-0.39, 0.29) is 0 Å². The van der Waals surface area contributed by atoms with Crippen LogP contribution in [-0.2, 0) is 0 Å². The van der Waals surface area contributed by atoms with E-state index in [0.29, 0.717) is 5.92 Å². The van der Waals surface area contributed by atoms with Crippen molar-refractivity contribution >= 4 is 5.69 Å². The van der Waals surface area contributed by atoms with Crippen molar-refractivity contribution < 1.29 is 0 Å². The fourth-order valence-electron chi connectivity index (χ4n) is 2.05. The molecule has 3 heteroatoms. The number of hydrogen-bond donors (Lipinski definition) is 1. The Morgan fingerprint density at radius 1 is 1.64 bits per heavy atom. The molecule has 1 atom stereocenters. The summed E-state index contributed by atoms with van der Waals surface area (Å²) in [5, 5.41) is 0. The van der Waals surface area contributed by atoms with Gasteiger partial charge in [0, 0.05) is 19.3 Å². The molecule has 2 heterocycles. The van der Waals surface area contributed by atoms with E-state index in [1.165, 1.54) is 12.1 Å². The molecule has 1 saturated heterocycles. The fraction of sp³-hybridized carbons (Fsp3) is 0.545. The first-order valence-corrected chi connectivity index (χ1v) is 5.18. The predicted molar refractivity (Wildman–Crippen MR) is 58.3 cm³/mol. The van der Waals surface area contributed by atoms with Crippen molar-refractivity contribution in [3.63, 3.8) is 0 Å². The van der Waals surface area contributed by atoms with Gasteiger partial charge in [0.1, 0.15) is 0 Å². The van der Waals surface area contributed by atoms with Gasteiger partial charge in [-0.05, 0) is 37.9 Å². The van der Waals surface area contributed by atoms with Gasteiger partial charge in [-0.3, -0.25) is 4.98 Å². The number of rotatable bonds is 2. The molecule has 2 rings (SSSR count). The zero-order valence-electron chi connectivity index (χ0n) is 8.61. The lowest BCUT2D eigenvalue weighted by molar-refractivity contribution is 0.602. The standard InChI is InChI=1S/C11H17N3/c1-9-11(3-2-5-13-9)14-6-4-10(7-12)8-14/h2-3,5,10H,4,6-8,12H2,1H3. The van der Waals surface area contributed by atoms with Crippen molar-refractivity contribution in [1.29, 1.82) is 0 Å². The number of aryl methyl sites for hydroxylation is 1. The maximum absolute atomic E-state index is 5.67. The first kappa shape index (κ1) is 9.46. The maximum atomic E-state index is 5.67. The Morgan fingerprint density at radius 3 is 3.14 bits per heavy atom. The van der Waals surface area contributed by atoms with E-state index in [1.54, 1.807) is 0 Å². The minimum atomic E-state index is 0.662. The maximum Gasteiger partial charge on any atom is 0.0605 e. The Labute approximate surface area is 84.9 Å². The second-order valence-electron chi connectivity index (χ2n) is 3.94. The van der Waals surface area contributed by atoms with Gasteiger partial charge < -0.3 is 10.6 Å². The first-order valence-electron chi connectivity index (χ1n) is 5.18. The highest BCUT2D eigenvalue weighted by Gasteiger charge is 2.22. The first-order chi connectivity index (χ1) is 6.81. The third-order valence-electron chi connectivity index (χ3n) is 2.94. The summed E-state index contributed by atoms with van der Waals surface area (Å²) in [6.45, 7) is 5.07. The molecule has 76 valence electrons. The summed E-state index contributed by atoms with van der Waals surface area (Å²) in [7, 11) is 0. The second kappa shape index (κ2) is 3.96. The van der Waals surface area contributed by atoms with Crippen LogP contribution in [0.25, 0.3) is 0 Å². The monoisotopic (exact) mass is 191 g/mol. The van der Waals surface area contributed by atoms with Gasteiger partial charge in [-0.2, -0.15) is 0 Å². The minimum Gasteiger partial charge on any atom is -0.370 e. The van der Waals surface area contributed by atoms with Gasteiger partial charge >= 0.3 is 0 Å². The molecule has 0 radical (unpaired) electrons. The van der Waals surface area contributed by atoms with Gasteiger partial charge in [-0.25, -0.2) is 0 Å². The molecule has 1 aliphatic heterocycles.